The monoisotopic (exact) mass is 607 g/mol. The lowest BCUT2D eigenvalue weighted by Gasteiger charge is -2.47. The Morgan fingerprint density at radius 2 is 1.18 bits per heavy atom. The van der Waals surface area contributed by atoms with Gasteiger partial charge in [0.25, 0.3) is 0 Å². The molecule has 0 spiro atoms. The molecule has 0 aliphatic carbocycles. The van der Waals surface area contributed by atoms with Crippen LogP contribution in [0.15, 0.2) is 84.9 Å². The van der Waals surface area contributed by atoms with E-state index in [0.717, 1.165) is 38.5 Å². The minimum Gasteiger partial charge on any atom is -0.0993 e. The van der Waals surface area contributed by atoms with Crippen LogP contribution in [0, 0.1) is 22.7 Å². The Kier molecular flexibility index (Phi) is 13.8. The zero-order valence-electron chi connectivity index (χ0n) is 30.8. The summed E-state index contributed by atoms with van der Waals surface area (Å²) in [7, 11) is 0. The zero-order valence-corrected chi connectivity index (χ0v) is 30.8. The number of benzene rings is 3. The van der Waals surface area contributed by atoms with Crippen molar-refractivity contribution in [3.63, 3.8) is 0 Å². The van der Waals surface area contributed by atoms with Crippen LogP contribution in [-0.4, -0.2) is 0 Å². The van der Waals surface area contributed by atoms with Crippen molar-refractivity contribution < 1.29 is 0 Å². The lowest BCUT2D eigenvalue weighted by atomic mass is 9.58. The molecule has 3 aromatic carbocycles. The molecule has 0 aliphatic rings. The van der Waals surface area contributed by atoms with Gasteiger partial charge in [-0.1, -0.05) is 161 Å². The average molecular weight is 607 g/mol. The van der Waals surface area contributed by atoms with Gasteiger partial charge in [0.1, 0.15) is 0 Å². The second-order valence-corrected chi connectivity index (χ2v) is 15.8. The molecule has 0 aliphatic heterocycles. The van der Waals surface area contributed by atoms with Crippen LogP contribution in [0.25, 0.3) is 0 Å². The van der Waals surface area contributed by atoms with Crippen molar-refractivity contribution in [3.05, 3.63) is 118 Å². The van der Waals surface area contributed by atoms with E-state index in [1.54, 1.807) is 0 Å². The molecule has 0 saturated heterocycles. The summed E-state index contributed by atoms with van der Waals surface area (Å²) in [5, 5.41) is 0. The van der Waals surface area contributed by atoms with E-state index in [2.05, 4.69) is 149 Å². The summed E-state index contributed by atoms with van der Waals surface area (Å²) < 4.78 is 0. The summed E-state index contributed by atoms with van der Waals surface area (Å²) in [5.41, 5.74) is 10.4. The Balaban J connectivity index is 2.02. The maximum absolute atomic E-state index is 4.64. The van der Waals surface area contributed by atoms with Crippen molar-refractivity contribution in [2.24, 2.45) is 22.7 Å². The number of hydrogen-bond acceptors (Lipinski definition) is 0. The van der Waals surface area contributed by atoms with E-state index in [9.17, 15) is 0 Å². The fourth-order valence-electron chi connectivity index (χ4n) is 7.48. The Morgan fingerprint density at radius 3 is 1.69 bits per heavy atom. The van der Waals surface area contributed by atoms with Gasteiger partial charge in [0.05, 0.1) is 0 Å². The molecule has 0 radical (unpaired) electrons. The average Bonchev–Trinajstić information content (AvgIpc) is 3.01. The van der Waals surface area contributed by atoms with Crippen LogP contribution < -0.4 is 0 Å². The molecular weight excluding hydrogens is 540 g/mol. The molecule has 0 N–H and O–H groups in total. The SMILES string of the molecule is C=C(CC)C(C)(CC(C)C(CC(CCc1ccc(CC)cc1)c1ccc(CCC)cc1)c1ccc(CC(C)C)cc1)C(C)(C)C. The van der Waals surface area contributed by atoms with Crippen LogP contribution in [0.4, 0.5) is 0 Å². The van der Waals surface area contributed by atoms with Gasteiger partial charge in [-0.25, -0.2) is 0 Å². The quantitative estimate of drug-likeness (QED) is 0.134. The summed E-state index contributed by atoms with van der Waals surface area (Å²) in [6.45, 7) is 28.4. The van der Waals surface area contributed by atoms with Gasteiger partial charge in [-0.2, -0.15) is 0 Å². The molecule has 0 heterocycles. The zero-order chi connectivity index (χ0) is 33.2. The number of aryl methyl sites for hydroxylation is 3. The minimum atomic E-state index is 0.0787. The number of rotatable bonds is 17. The molecule has 0 nitrogen and oxygen atoms in total. The Labute approximate surface area is 279 Å². The van der Waals surface area contributed by atoms with E-state index in [-0.39, 0.29) is 10.8 Å². The van der Waals surface area contributed by atoms with Crippen LogP contribution in [0.5, 0.6) is 0 Å². The van der Waals surface area contributed by atoms with E-state index in [1.165, 1.54) is 58.2 Å². The summed E-state index contributed by atoms with van der Waals surface area (Å²) in [6.07, 6.45) is 10.2. The first-order chi connectivity index (χ1) is 21.3. The van der Waals surface area contributed by atoms with Crippen molar-refractivity contribution in [2.45, 2.75) is 139 Å². The first-order valence-corrected chi connectivity index (χ1v) is 18.2. The largest absolute Gasteiger partial charge is 0.0993 e. The van der Waals surface area contributed by atoms with Crippen molar-refractivity contribution in [3.8, 4) is 0 Å². The molecule has 0 amide bonds. The molecule has 0 heteroatoms. The first kappa shape index (κ1) is 36.9. The second-order valence-electron chi connectivity index (χ2n) is 15.8. The summed E-state index contributed by atoms with van der Waals surface area (Å²) in [5.74, 6) is 2.18. The molecule has 3 rings (SSSR count). The maximum Gasteiger partial charge on any atom is -0.00679 e. The van der Waals surface area contributed by atoms with Crippen LogP contribution >= 0.6 is 0 Å². The van der Waals surface area contributed by atoms with Crippen molar-refractivity contribution >= 4 is 0 Å². The third-order valence-electron chi connectivity index (χ3n) is 11.1. The van der Waals surface area contributed by atoms with E-state index < -0.39 is 0 Å². The van der Waals surface area contributed by atoms with Gasteiger partial charge in [-0.15, -0.1) is 0 Å². The summed E-state index contributed by atoms with van der Waals surface area (Å²) >= 11 is 0. The van der Waals surface area contributed by atoms with Crippen molar-refractivity contribution in [1.82, 2.24) is 0 Å². The standard InChI is InChI=1S/C45H66/c1-12-15-37-20-25-40(26-21-37)42(29-22-38-18-16-36(14-3)17-19-38)31-43(41-27-23-39(24-28-41)30-33(4)5)34(6)32-45(11,35(7)13-2)44(8,9)10/h16-21,23-28,33-34,42-43H,7,12-15,22,29-32H2,1-6,8-11H3. The van der Waals surface area contributed by atoms with Gasteiger partial charge in [-0.3, -0.25) is 0 Å². The molecule has 0 fully saturated rings. The van der Waals surface area contributed by atoms with Crippen LogP contribution in [0.1, 0.15) is 147 Å². The van der Waals surface area contributed by atoms with Gasteiger partial charge in [0, 0.05) is 0 Å². The number of allylic oxidation sites excluding steroid dienone is 1. The third-order valence-corrected chi connectivity index (χ3v) is 11.1. The Bertz CT molecular complexity index is 1280. The van der Waals surface area contributed by atoms with Crippen LogP contribution in [0.2, 0.25) is 0 Å². The highest BCUT2D eigenvalue weighted by molar-refractivity contribution is 5.31. The number of hydrogen-bond donors (Lipinski definition) is 0. The fourth-order valence-corrected chi connectivity index (χ4v) is 7.48. The van der Waals surface area contributed by atoms with Gasteiger partial charge in [0.2, 0.25) is 0 Å². The normalized spacial score (nSPS) is 15.4. The van der Waals surface area contributed by atoms with Gasteiger partial charge in [0.15, 0.2) is 0 Å². The molecule has 0 bridgehead atoms. The molecule has 4 atom stereocenters. The molecular formula is C45H66. The predicted octanol–water partition coefficient (Wildman–Crippen LogP) is 13.3. The van der Waals surface area contributed by atoms with Crippen LogP contribution in [-0.2, 0) is 25.7 Å². The lowest BCUT2D eigenvalue weighted by molar-refractivity contribution is 0.107. The predicted molar refractivity (Wildman–Crippen MR) is 200 cm³/mol. The van der Waals surface area contributed by atoms with Crippen molar-refractivity contribution in [1.29, 1.82) is 0 Å². The highest BCUT2D eigenvalue weighted by atomic mass is 14.5. The summed E-state index contributed by atoms with van der Waals surface area (Å²) in [4.78, 5) is 0. The third kappa shape index (κ3) is 10.2. The van der Waals surface area contributed by atoms with Gasteiger partial charge in [-0.05, 0) is 119 Å². The van der Waals surface area contributed by atoms with Gasteiger partial charge >= 0.3 is 0 Å². The molecule has 0 saturated carbocycles. The van der Waals surface area contributed by atoms with E-state index >= 15 is 0 Å². The first-order valence-electron chi connectivity index (χ1n) is 18.2. The maximum atomic E-state index is 4.64. The highest BCUT2D eigenvalue weighted by Crippen LogP contribution is 2.52. The van der Waals surface area contributed by atoms with Crippen molar-refractivity contribution in [2.75, 3.05) is 0 Å². The molecule has 4 unspecified atom stereocenters. The molecule has 3 aromatic rings. The fraction of sp³-hybridized carbons (Fsp3) is 0.556. The minimum absolute atomic E-state index is 0.0787. The lowest BCUT2D eigenvalue weighted by Crippen LogP contribution is -2.37. The van der Waals surface area contributed by atoms with E-state index in [0.29, 0.717) is 23.7 Å². The molecule has 0 aromatic heterocycles. The Hall–Kier alpha value is -2.60. The Morgan fingerprint density at radius 1 is 0.667 bits per heavy atom. The second kappa shape index (κ2) is 16.8. The van der Waals surface area contributed by atoms with Crippen LogP contribution in [0.3, 0.4) is 0 Å². The molecule has 45 heavy (non-hydrogen) atoms. The van der Waals surface area contributed by atoms with Gasteiger partial charge < -0.3 is 0 Å². The molecule has 246 valence electrons. The summed E-state index contributed by atoms with van der Waals surface area (Å²) in [6, 6.07) is 28.8. The van der Waals surface area contributed by atoms with E-state index in [4.69, 9.17) is 0 Å². The van der Waals surface area contributed by atoms with E-state index in [1.807, 2.05) is 0 Å². The highest BCUT2D eigenvalue weighted by Gasteiger charge is 2.41. The smallest absolute Gasteiger partial charge is 0.00679 e. The topological polar surface area (TPSA) is 0 Å².